The molecule has 4 saturated carbocycles. The Morgan fingerprint density at radius 3 is 2.54 bits per heavy atom. The molecule has 35 heavy (non-hydrogen) atoms. The van der Waals surface area contributed by atoms with E-state index in [0.29, 0.717) is 30.3 Å². The first-order chi connectivity index (χ1) is 16.5. The number of ketones is 1. The van der Waals surface area contributed by atoms with Gasteiger partial charge in [-0.25, -0.2) is 4.79 Å². The number of hydrogen-bond donors (Lipinski definition) is 3. The molecule has 0 aromatic carbocycles. The Balaban J connectivity index is 1.29. The normalized spacial score (nSPS) is 53.8. The zero-order chi connectivity index (χ0) is 25.1. The number of fused-ring (bicyclic) bond motifs is 5. The molecule has 0 spiro atoms. The van der Waals surface area contributed by atoms with Crippen LogP contribution in [0.1, 0.15) is 72.6 Å². The first-order valence-electron chi connectivity index (χ1n) is 13.6. The summed E-state index contributed by atoms with van der Waals surface area (Å²) in [6.07, 6.45) is 3.22. The number of carbonyl (C=O) groups is 2. The minimum absolute atomic E-state index is 0.0467. The van der Waals surface area contributed by atoms with Gasteiger partial charge in [0.25, 0.3) is 0 Å². The maximum absolute atomic E-state index is 13.4. The van der Waals surface area contributed by atoms with Gasteiger partial charge < -0.3 is 24.8 Å². The summed E-state index contributed by atoms with van der Waals surface area (Å²) in [6.45, 7) is 8.15. The standard InChI is InChI=1S/C28H40O7/c1-13-9-20(35-25(32)16(13)12-29)14(2)17-5-6-18-15-10-23-28(33)24(31)21(34-23)11-22(30)27(28,4)19(15)7-8-26(17,18)3/h14-15,17-21,23-24,29,31,33H,5-12H2,1-4H3/t14-,15-,17+,18-,19-,20+,21-,23+,24-,26+,27-,28-/m0/s1. The Morgan fingerprint density at radius 2 is 1.86 bits per heavy atom. The number of aliphatic hydroxyl groups is 3. The zero-order valence-electron chi connectivity index (χ0n) is 21.3. The average molecular weight is 489 g/mol. The average Bonchev–Trinajstić information content (AvgIpc) is 3.26. The molecule has 0 unspecified atom stereocenters. The lowest BCUT2D eigenvalue weighted by Gasteiger charge is -2.62. The van der Waals surface area contributed by atoms with Gasteiger partial charge in [0.2, 0.25) is 0 Å². The van der Waals surface area contributed by atoms with E-state index in [9.17, 15) is 24.9 Å². The fraction of sp³-hybridized carbons (Fsp3) is 0.857. The molecule has 12 atom stereocenters. The Labute approximate surface area is 207 Å². The van der Waals surface area contributed by atoms with E-state index in [1.807, 2.05) is 13.8 Å². The molecule has 6 rings (SSSR count). The third-order valence-corrected chi connectivity index (χ3v) is 12.1. The van der Waals surface area contributed by atoms with E-state index in [1.54, 1.807) is 0 Å². The molecule has 0 radical (unpaired) electrons. The molecule has 4 aliphatic carbocycles. The molecule has 2 bridgehead atoms. The molecule has 7 heteroatoms. The van der Waals surface area contributed by atoms with Crippen LogP contribution in [-0.4, -0.2) is 63.7 Å². The molecular weight excluding hydrogens is 448 g/mol. The van der Waals surface area contributed by atoms with Crippen molar-refractivity contribution in [3.05, 3.63) is 11.1 Å². The predicted octanol–water partition coefficient (Wildman–Crippen LogP) is 2.55. The van der Waals surface area contributed by atoms with E-state index in [0.717, 1.165) is 31.3 Å². The fourth-order valence-corrected chi connectivity index (χ4v) is 10.1. The monoisotopic (exact) mass is 488 g/mol. The first kappa shape index (κ1) is 24.1. The van der Waals surface area contributed by atoms with Crippen molar-refractivity contribution in [1.82, 2.24) is 0 Å². The second-order valence-corrected chi connectivity index (χ2v) is 13.0. The third-order valence-electron chi connectivity index (χ3n) is 12.1. The molecule has 5 fully saturated rings. The predicted molar refractivity (Wildman–Crippen MR) is 126 cm³/mol. The molecular formula is C28H40O7. The van der Waals surface area contributed by atoms with Gasteiger partial charge in [0.05, 0.1) is 29.8 Å². The highest BCUT2D eigenvalue weighted by molar-refractivity contribution is 5.90. The van der Waals surface area contributed by atoms with Crippen molar-refractivity contribution in [3.63, 3.8) is 0 Å². The van der Waals surface area contributed by atoms with Crippen LogP contribution in [0, 0.1) is 40.4 Å². The highest BCUT2D eigenvalue weighted by atomic mass is 16.6. The van der Waals surface area contributed by atoms with Crippen molar-refractivity contribution in [2.75, 3.05) is 6.61 Å². The van der Waals surface area contributed by atoms with E-state index in [1.165, 1.54) is 0 Å². The van der Waals surface area contributed by atoms with Crippen LogP contribution in [0.3, 0.4) is 0 Å². The summed E-state index contributed by atoms with van der Waals surface area (Å²) >= 11 is 0. The zero-order valence-corrected chi connectivity index (χ0v) is 21.3. The summed E-state index contributed by atoms with van der Waals surface area (Å²) in [5.41, 5.74) is -1.08. The molecule has 2 heterocycles. The molecule has 7 nitrogen and oxygen atoms in total. The second-order valence-electron chi connectivity index (χ2n) is 13.0. The Hall–Kier alpha value is -1.28. The van der Waals surface area contributed by atoms with Crippen molar-refractivity contribution in [3.8, 4) is 0 Å². The highest BCUT2D eigenvalue weighted by Gasteiger charge is 2.77. The lowest BCUT2D eigenvalue weighted by molar-refractivity contribution is -0.233. The highest BCUT2D eigenvalue weighted by Crippen LogP contribution is 2.70. The molecule has 0 amide bonds. The maximum Gasteiger partial charge on any atom is 0.336 e. The van der Waals surface area contributed by atoms with Crippen molar-refractivity contribution >= 4 is 11.8 Å². The molecule has 194 valence electrons. The van der Waals surface area contributed by atoms with Gasteiger partial charge in [-0.05, 0) is 81.0 Å². The van der Waals surface area contributed by atoms with E-state index in [2.05, 4.69) is 13.8 Å². The Kier molecular flexibility index (Phi) is 5.24. The van der Waals surface area contributed by atoms with Crippen molar-refractivity contribution in [1.29, 1.82) is 0 Å². The molecule has 6 aliphatic rings. The number of Topliss-reactive ketones (excluding diaryl/α,β-unsaturated/α-hetero) is 1. The Morgan fingerprint density at radius 1 is 1.11 bits per heavy atom. The number of rotatable bonds is 3. The van der Waals surface area contributed by atoms with E-state index in [-0.39, 0.29) is 54.1 Å². The second kappa shape index (κ2) is 7.62. The van der Waals surface area contributed by atoms with E-state index in [4.69, 9.17) is 9.47 Å². The summed E-state index contributed by atoms with van der Waals surface area (Å²) in [5, 5.41) is 32.2. The van der Waals surface area contributed by atoms with Crippen LogP contribution in [0.5, 0.6) is 0 Å². The van der Waals surface area contributed by atoms with Gasteiger partial charge in [0.15, 0.2) is 0 Å². The quantitative estimate of drug-likeness (QED) is 0.523. The number of aliphatic hydroxyl groups excluding tert-OH is 2. The molecule has 3 N–H and O–H groups in total. The summed E-state index contributed by atoms with van der Waals surface area (Å²) in [6, 6.07) is 0. The molecule has 0 aromatic rings. The van der Waals surface area contributed by atoms with Crippen LogP contribution in [0.2, 0.25) is 0 Å². The lowest BCUT2D eigenvalue weighted by atomic mass is 9.42. The van der Waals surface area contributed by atoms with Crippen LogP contribution in [-0.2, 0) is 19.1 Å². The van der Waals surface area contributed by atoms with Crippen molar-refractivity contribution in [2.24, 2.45) is 40.4 Å². The number of esters is 1. The third kappa shape index (κ3) is 2.82. The topological polar surface area (TPSA) is 113 Å². The van der Waals surface area contributed by atoms with Crippen LogP contribution in [0.15, 0.2) is 11.1 Å². The smallest absolute Gasteiger partial charge is 0.336 e. The number of carbonyl (C=O) groups excluding carboxylic acids is 2. The van der Waals surface area contributed by atoms with E-state index >= 15 is 0 Å². The fourth-order valence-electron chi connectivity index (χ4n) is 10.1. The van der Waals surface area contributed by atoms with Gasteiger partial charge in [0, 0.05) is 12.8 Å². The summed E-state index contributed by atoms with van der Waals surface area (Å²) < 4.78 is 12.0. The van der Waals surface area contributed by atoms with Crippen molar-refractivity contribution in [2.45, 2.75) is 103 Å². The van der Waals surface area contributed by atoms with Gasteiger partial charge in [-0.15, -0.1) is 0 Å². The molecule has 1 saturated heterocycles. The SMILES string of the molecule is CC1=C(CO)C(=O)O[C@@H]([C@@H](C)[C@H]2CC[C@H]3[C@@H]4C[C@H]5O[C@H]6CC(=O)[C@](C)([C@H]4CC[C@]23C)[C@@]5(O)[C@H]6O)C1. The van der Waals surface area contributed by atoms with Crippen LogP contribution < -0.4 is 0 Å². The number of ether oxygens (including phenoxy) is 2. The van der Waals surface area contributed by atoms with Gasteiger partial charge in [-0.1, -0.05) is 19.4 Å². The van der Waals surface area contributed by atoms with Crippen LogP contribution >= 0.6 is 0 Å². The maximum atomic E-state index is 13.4. The summed E-state index contributed by atoms with van der Waals surface area (Å²) in [7, 11) is 0. The molecule has 0 aromatic heterocycles. The Bertz CT molecular complexity index is 990. The van der Waals surface area contributed by atoms with Gasteiger partial charge in [-0.3, -0.25) is 4.79 Å². The lowest BCUT2D eigenvalue weighted by Crippen LogP contribution is -2.72. The summed E-state index contributed by atoms with van der Waals surface area (Å²) in [4.78, 5) is 25.9. The van der Waals surface area contributed by atoms with Crippen molar-refractivity contribution < 1.29 is 34.4 Å². The first-order valence-corrected chi connectivity index (χ1v) is 13.6. The largest absolute Gasteiger partial charge is 0.458 e. The van der Waals surface area contributed by atoms with E-state index < -0.39 is 29.3 Å². The van der Waals surface area contributed by atoms with Crippen LogP contribution in [0.4, 0.5) is 0 Å². The van der Waals surface area contributed by atoms with Gasteiger partial charge in [-0.2, -0.15) is 0 Å². The minimum Gasteiger partial charge on any atom is -0.458 e. The van der Waals surface area contributed by atoms with Gasteiger partial charge in [0.1, 0.15) is 23.6 Å². The number of hydrogen-bond acceptors (Lipinski definition) is 7. The summed E-state index contributed by atoms with van der Waals surface area (Å²) in [5.74, 6) is 0.977. The molecule has 2 aliphatic heterocycles. The van der Waals surface area contributed by atoms with Gasteiger partial charge >= 0.3 is 5.97 Å². The number of cyclic esters (lactones) is 1. The minimum atomic E-state index is -1.49. The van der Waals surface area contributed by atoms with Crippen LogP contribution in [0.25, 0.3) is 0 Å².